The fraction of sp³-hybridized carbons (Fsp3) is 0.650. The first-order valence-electron chi connectivity index (χ1n) is 8.71. The summed E-state index contributed by atoms with van der Waals surface area (Å²) in [5, 5.41) is 0. The van der Waals surface area contributed by atoms with Crippen molar-refractivity contribution in [1.82, 2.24) is 9.88 Å². The van der Waals surface area contributed by atoms with Crippen LogP contribution in [0.3, 0.4) is 0 Å². The lowest BCUT2D eigenvalue weighted by molar-refractivity contribution is 0.115. The van der Waals surface area contributed by atoms with E-state index in [9.17, 15) is 0 Å². The fourth-order valence-electron chi connectivity index (χ4n) is 3.39. The Bertz CT molecular complexity index is 632. The van der Waals surface area contributed by atoms with Crippen molar-refractivity contribution in [2.24, 2.45) is 0 Å². The molecule has 1 aromatic heterocycles. The Labute approximate surface area is 140 Å². The van der Waals surface area contributed by atoms with Gasteiger partial charge in [-0.2, -0.15) is 0 Å². The van der Waals surface area contributed by atoms with Crippen LogP contribution in [0.1, 0.15) is 64.9 Å². The van der Waals surface area contributed by atoms with Gasteiger partial charge >= 0.3 is 0 Å². The molecule has 3 rings (SSSR count). The fourth-order valence-corrected chi connectivity index (χ4v) is 3.39. The zero-order valence-electron chi connectivity index (χ0n) is 15.5. The third-order valence-electron chi connectivity index (χ3n) is 4.96. The molecule has 0 aliphatic carbocycles. The topological polar surface area (TPSA) is 25.4 Å². The lowest BCUT2D eigenvalue weighted by atomic mass is 9.88. The SMILES string of the molecule is CC(C)(C)c1ccc2c(n1)C1=C(COC2)CN(C(C)(C)C)CC1. The summed E-state index contributed by atoms with van der Waals surface area (Å²) in [5.41, 5.74) is 6.74. The number of nitrogens with zero attached hydrogens (tertiary/aromatic N) is 2. The van der Waals surface area contributed by atoms with Gasteiger partial charge in [0.2, 0.25) is 0 Å². The van der Waals surface area contributed by atoms with Crippen LogP contribution in [0, 0.1) is 0 Å². The largest absolute Gasteiger partial charge is 0.372 e. The summed E-state index contributed by atoms with van der Waals surface area (Å²) in [6.45, 7) is 17.1. The van der Waals surface area contributed by atoms with Crippen LogP contribution in [0.5, 0.6) is 0 Å². The Balaban J connectivity index is 2.03. The van der Waals surface area contributed by atoms with E-state index in [1.165, 1.54) is 28.1 Å². The normalized spacial score (nSPS) is 20.1. The highest BCUT2D eigenvalue weighted by Crippen LogP contribution is 2.35. The first kappa shape index (κ1) is 16.7. The standard InChI is InChI=1S/C20H30N2O/c1-19(2,3)17-8-7-14-12-23-13-15-11-22(20(4,5)6)10-9-16(15)18(14)21-17/h7-8H,9-13H2,1-6H3. The van der Waals surface area contributed by atoms with Crippen LogP contribution in [0.4, 0.5) is 0 Å². The molecule has 0 unspecified atom stereocenters. The van der Waals surface area contributed by atoms with E-state index in [0.717, 1.165) is 26.1 Å². The quantitative estimate of drug-likeness (QED) is 0.719. The third-order valence-corrected chi connectivity index (χ3v) is 4.96. The summed E-state index contributed by atoms with van der Waals surface area (Å²) in [7, 11) is 0. The van der Waals surface area contributed by atoms with E-state index >= 15 is 0 Å². The van der Waals surface area contributed by atoms with Crippen molar-refractivity contribution in [3.8, 4) is 0 Å². The van der Waals surface area contributed by atoms with Crippen molar-refractivity contribution in [2.75, 3.05) is 19.7 Å². The van der Waals surface area contributed by atoms with E-state index in [-0.39, 0.29) is 11.0 Å². The van der Waals surface area contributed by atoms with Gasteiger partial charge in [-0.15, -0.1) is 0 Å². The molecule has 2 aliphatic rings. The van der Waals surface area contributed by atoms with E-state index in [1.807, 2.05) is 0 Å². The second-order valence-corrected chi connectivity index (χ2v) is 8.87. The summed E-state index contributed by atoms with van der Waals surface area (Å²) in [5.74, 6) is 0. The molecule has 23 heavy (non-hydrogen) atoms. The molecule has 0 N–H and O–H groups in total. The van der Waals surface area contributed by atoms with Gasteiger partial charge in [-0.05, 0) is 44.4 Å². The summed E-state index contributed by atoms with van der Waals surface area (Å²) in [4.78, 5) is 7.61. The number of hydrogen-bond acceptors (Lipinski definition) is 3. The Morgan fingerprint density at radius 3 is 2.43 bits per heavy atom. The van der Waals surface area contributed by atoms with Crippen LogP contribution >= 0.6 is 0 Å². The first-order chi connectivity index (χ1) is 10.7. The Morgan fingerprint density at radius 1 is 1.04 bits per heavy atom. The molecular weight excluding hydrogens is 284 g/mol. The highest BCUT2D eigenvalue weighted by atomic mass is 16.5. The van der Waals surface area contributed by atoms with Crippen LogP contribution in [-0.4, -0.2) is 35.1 Å². The third kappa shape index (κ3) is 3.36. The number of ether oxygens (including phenoxy) is 1. The number of rotatable bonds is 0. The molecule has 0 saturated carbocycles. The first-order valence-corrected chi connectivity index (χ1v) is 8.71. The molecule has 0 spiro atoms. The van der Waals surface area contributed by atoms with E-state index in [4.69, 9.17) is 9.72 Å². The Morgan fingerprint density at radius 2 is 1.78 bits per heavy atom. The summed E-state index contributed by atoms with van der Waals surface area (Å²) < 4.78 is 5.95. The zero-order valence-corrected chi connectivity index (χ0v) is 15.5. The van der Waals surface area contributed by atoms with Crippen LogP contribution in [-0.2, 0) is 16.8 Å². The van der Waals surface area contributed by atoms with Gasteiger partial charge < -0.3 is 4.74 Å². The van der Waals surface area contributed by atoms with Gasteiger partial charge in [0.1, 0.15) is 0 Å². The molecular formula is C20H30N2O. The van der Waals surface area contributed by atoms with Crippen LogP contribution in [0.25, 0.3) is 5.57 Å². The van der Waals surface area contributed by atoms with Gasteiger partial charge in [0.05, 0.1) is 18.9 Å². The molecule has 0 amide bonds. The summed E-state index contributed by atoms with van der Waals surface area (Å²) in [6, 6.07) is 4.38. The van der Waals surface area contributed by atoms with Crippen LogP contribution < -0.4 is 0 Å². The molecule has 0 atom stereocenters. The average molecular weight is 314 g/mol. The van der Waals surface area contributed by atoms with Gasteiger partial charge in [-0.1, -0.05) is 26.8 Å². The van der Waals surface area contributed by atoms with E-state index in [0.29, 0.717) is 6.61 Å². The Hall–Kier alpha value is -1.19. The lowest BCUT2D eigenvalue weighted by Crippen LogP contribution is -2.45. The van der Waals surface area contributed by atoms with Crippen molar-refractivity contribution >= 4 is 5.57 Å². The van der Waals surface area contributed by atoms with Crippen molar-refractivity contribution in [2.45, 2.75) is 65.5 Å². The minimum atomic E-state index is 0.0784. The van der Waals surface area contributed by atoms with Gasteiger partial charge in [-0.3, -0.25) is 9.88 Å². The molecule has 1 aromatic rings. The maximum absolute atomic E-state index is 5.95. The predicted octanol–water partition coefficient (Wildman–Crippen LogP) is 4.17. The molecule has 0 bridgehead atoms. The molecule has 0 aromatic carbocycles. The Kier molecular flexibility index (Phi) is 4.14. The zero-order chi connectivity index (χ0) is 16.8. The minimum absolute atomic E-state index is 0.0784. The van der Waals surface area contributed by atoms with Gasteiger partial charge in [0.25, 0.3) is 0 Å². The maximum Gasteiger partial charge on any atom is 0.0742 e. The summed E-state index contributed by atoms with van der Waals surface area (Å²) in [6.07, 6.45) is 1.07. The predicted molar refractivity (Wildman–Crippen MR) is 95.5 cm³/mol. The molecule has 126 valence electrons. The van der Waals surface area contributed by atoms with Crippen molar-refractivity contribution < 1.29 is 4.74 Å². The monoisotopic (exact) mass is 314 g/mol. The van der Waals surface area contributed by atoms with Crippen molar-refractivity contribution in [3.63, 3.8) is 0 Å². The van der Waals surface area contributed by atoms with Crippen LogP contribution in [0.15, 0.2) is 17.7 Å². The highest BCUT2D eigenvalue weighted by Gasteiger charge is 2.30. The van der Waals surface area contributed by atoms with E-state index in [2.05, 4.69) is 58.6 Å². The molecule has 3 heteroatoms. The van der Waals surface area contributed by atoms with Gasteiger partial charge in [0, 0.05) is 35.3 Å². The van der Waals surface area contributed by atoms with Crippen LogP contribution in [0.2, 0.25) is 0 Å². The lowest BCUT2D eigenvalue weighted by Gasteiger charge is -2.39. The smallest absolute Gasteiger partial charge is 0.0742 e. The van der Waals surface area contributed by atoms with Gasteiger partial charge in [0.15, 0.2) is 0 Å². The minimum Gasteiger partial charge on any atom is -0.372 e. The van der Waals surface area contributed by atoms with Crippen molar-refractivity contribution in [1.29, 1.82) is 0 Å². The molecule has 3 nitrogen and oxygen atoms in total. The molecule has 2 aliphatic heterocycles. The highest BCUT2D eigenvalue weighted by molar-refractivity contribution is 5.70. The molecule has 0 fully saturated rings. The second-order valence-electron chi connectivity index (χ2n) is 8.87. The number of fused-ring (bicyclic) bond motifs is 2. The molecule has 0 saturated heterocycles. The second kappa shape index (κ2) is 5.71. The average Bonchev–Trinajstić information content (AvgIpc) is 2.63. The number of pyridine rings is 1. The number of aromatic nitrogens is 1. The van der Waals surface area contributed by atoms with E-state index in [1.54, 1.807) is 0 Å². The maximum atomic E-state index is 5.95. The number of hydrogen-bond donors (Lipinski definition) is 0. The van der Waals surface area contributed by atoms with Gasteiger partial charge in [-0.25, -0.2) is 0 Å². The summed E-state index contributed by atoms with van der Waals surface area (Å²) >= 11 is 0. The molecule has 3 heterocycles. The van der Waals surface area contributed by atoms with Crippen molar-refractivity contribution in [3.05, 3.63) is 34.7 Å². The molecule has 0 radical (unpaired) electrons. The van der Waals surface area contributed by atoms with E-state index < -0.39 is 0 Å².